The van der Waals surface area contributed by atoms with Crippen LogP contribution in [-0.2, 0) is 0 Å². The van der Waals surface area contributed by atoms with Gasteiger partial charge in [-0.1, -0.05) is 30.3 Å². The monoisotopic (exact) mass is 260 g/mol. The van der Waals surface area contributed by atoms with Gasteiger partial charge in [0, 0.05) is 4.88 Å². The first-order valence-corrected chi connectivity index (χ1v) is 7.09. The van der Waals surface area contributed by atoms with Crippen molar-refractivity contribution in [1.29, 1.82) is 0 Å². The molecule has 0 amide bonds. The molecule has 2 unspecified atom stereocenters. The molecule has 0 fully saturated rings. The van der Waals surface area contributed by atoms with E-state index >= 15 is 0 Å². The molecular weight excluding hydrogens is 240 g/mol. The summed E-state index contributed by atoms with van der Waals surface area (Å²) >= 11 is 1.82. The SMILES string of the molecule is CNC(c1ccccc1)C(NC)c1sccc1C. The minimum Gasteiger partial charge on any atom is -0.311 e. The Kier molecular flexibility index (Phi) is 4.53. The lowest BCUT2D eigenvalue weighted by Gasteiger charge is -2.27. The highest BCUT2D eigenvalue weighted by Crippen LogP contribution is 2.33. The predicted octanol–water partition coefficient (Wildman–Crippen LogP) is 3.28. The molecule has 0 bridgehead atoms. The summed E-state index contributed by atoms with van der Waals surface area (Å²) in [4.78, 5) is 1.40. The van der Waals surface area contributed by atoms with Gasteiger partial charge in [0.25, 0.3) is 0 Å². The van der Waals surface area contributed by atoms with Gasteiger partial charge in [0.2, 0.25) is 0 Å². The van der Waals surface area contributed by atoms with Crippen molar-refractivity contribution in [2.24, 2.45) is 0 Å². The molecule has 1 aromatic carbocycles. The molecule has 0 spiro atoms. The van der Waals surface area contributed by atoms with Crippen molar-refractivity contribution in [3.63, 3.8) is 0 Å². The fourth-order valence-electron chi connectivity index (χ4n) is 2.34. The van der Waals surface area contributed by atoms with E-state index in [0.717, 1.165) is 0 Å². The fourth-order valence-corrected chi connectivity index (χ4v) is 3.41. The topological polar surface area (TPSA) is 24.1 Å². The maximum absolute atomic E-state index is 3.44. The first-order valence-electron chi connectivity index (χ1n) is 6.21. The third kappa shape index (κ3) is 2.64. The Morgan fingerprint density at radius 2 is 1.61 bits per heavy atom. The minimum absolute atomic E-state index is 0.286. The Balaban J connectivity index is 2.34. The zero-order chi connectivity index (χ0) is 13.0. The molecule has 1 heterocycles. The van der Waals surface area contributed by atoms with E-state index in [9.17, 15) is 0 Å². The molecule has 0 aliphatic carbocycles. The highest BCUT2D eigenvalue weighted by atomic mass is 32.1. The van der Waals surface area contributed by atoms with Gasteiger partial charge in [-0.3, -0.25) is 0 Å². The number of benzene rings is 1. The van der Waals surface area contributed by atoms with E-state index in [4.69, 9.17) is 0 Å². The Morgan fingerprint density at radius 3 is 2.11 bits per heavy atom. The molecule has 2 atom stereocenters. The number of hydrogen-bond acceptors (Lipinski definition) is 3. The number of aryl methyl sites for hydroxylation is 1. The highest BCUT2D eigenvalue weighted by Gasteiger charge is 2.23. The molecule has 3 heteroatoms. The lowest BCUT2D eigenvalue weighted by atomic mass is 9.97. The van der Waals surface area contributed by atoms with Gasteiger partial charge < -0.3 is 10.6 Å². The number of thiophene rings is 1. The first kappa shape index (κ1) is 13.3. The minimum atomic E-state index is 0.286. The Hall–Kier alpha value is -1.16. The van der Waals surface area contributed by atoms with E-state index in [0.29, 0.717) is 6.04 Å². The summed E-state index contributed by atoms with van der Waals surface area (Å²) in [6.07, 6.45) is 0. The number of nitrogens with one attached hydrogen (secondary N) is 2. The summed E-state index contributed by atoms with van der Waals surface area (Å²) in [6.45, 7) is 2.17. The zero-order valence-corrected chi connectivity index (χ0v) is 11.9. The molecule has 0 saturated carbocycles. The van der Waals surface area contributed by atoms with E-state index in [1.807, 2.05) is 25.4 Å². The molecule has 0 saturated heterocycles. The van der Waals surface area contributed by atoms with Crippen LogP contribution in [0.2, 0.25) is 0 Å². The maximum Gasteiger partial charge on any atom is 0.0613 e. The predicted molar refractivity (Wildman–Crippen MR) is 79.1 cm³/mol. The summed E-state index contributed by atoms with van der Waals surface area (Å²) in [5.41, 5.74) is 2.67. The Labute approximate surface area is 113 Å². The second kappa shape index (κ2) is 6.14. The van der Waals surface area contributed by atoms with E-state index < -0.39 is 0 Å². The fraction of sp³-hybridized carbons (Fsp3) is 0.333. The van der Waals surface area contributed by atoms with Crippen molar-refractivity contribution in [1.82, 2.24) is 10.6 Å². The van der Waals surface area contributed by atoms with Crippen LogP contribution >= 0.6 is 11.3 Å². The van der Waals surface area contributed by atoms with E-state index in [2.05, 4.69) is 59.3 Å². The van der Waals surface area contributed by atoms with Crippen LogP contribution in [0.4, 0.5) is 0 Å². The highest BCUT2D eigenvalue weighted by molar-refractivity contribution is 7.10. The van der Waals surface area contributed by atoms with E-state index in [1.165, 1.54) is 16.0 Å². The van der Waals surface area contributed by atoms with E-state index in [-0.39, 0.29) is 6.04 Å². The number of likely N-dealkylation sites (N-methyl/N-ethyl adjacent to an activating group) is 2. The summed E-state index contributed by atoms with van der Waals surface area (Å²) in [7, 11) is 4.04. The second-order valence-electron chi connectivity index (χ2n) is 4.41. The third-order valence-corrected chi connectivity index (χ3v) is 4.40. The second-order valence-corrected chi connectivity index (χ2v) is 5.36. The lowest BCUT2D eigenvalue weighted by molar-refractivity contribution is 0.437. The van der Waals surface area contributed by atoms with Crippen LogP contribution < -0.4 is 10.6 Å². The lowest BCUT2D eigenvalue weighted by Crippen LogP contribution is -2.31. The molecule has 0 radical (unpaired) electrons. The third-order valence-electron chi connectivity index (χ3n) is 3.30. The van der Waals surface area contributed by atoms with Crippen LogP contribution in [0.15, 0.2) is 41.8 Å². The van der Waals surface area contributed by atoms with E-state index in [1.54, 1.807) is 0 Å². The normalized spacial score (nSPS) is 14.4. The standard InChI is InChI=1S/C15H20N2S/c1-11-9-10-18-15(11)14(17-3)13(16-2)12-7-5-4-6-8-12/h4-10,13-14,16-17H,1-3H3. The van der Waals surface area contributed by atoms with Crippen molar-refractivity contribution in [2.45, 2.75) is 19.0 Å². The van der Waals surface area contributed by atoms with Gasteiger partial charge >= 0.3 is 0 Å². The van der Waals surface area contributed by atoms with Gasteiger partial charge in [0.05, 0.1) is 12.1 Å². The Morgan fingerprint density at radius 1 is 0.944 bits per heavy atom. The molecule has 0 aliphatic rings. The van der Waals surface area contributed by atoms with Crippen LogP contribution in [0, 0.1) is 6.92 Å². The van der Waals surface area contributed by atoms with Crippen molar-refractivity contribution < 1.29 is 0 Å². The van der Waals surface area contributed by atoms with Crippen molar-refractivity contribution >= 4 is 11.3 Å². The molecular formula is C15H20N2S. The summed E-state index contributed by atoms with van der Waals surface area (Å²) in [6, 6.07) is 13.4. The van der Waals surface area contributed by atoms with Crippen LogP contribution in [0.25, 0.3) is 0 Å². The van der Waals surface area contributed by atoms with Crippen LogP contribution in [0.1, 0.15) is 28.1 Å². The Bertz CT molecular complexity index is 478. The molecule has 2 N–H and O–H groups in total. The first-order chi connectivity index (χ1) is 8.77. The van der Waals surface area contributed by atoms with Gasteiger partial charge in [0.15, 0.2) is 0 Å². The smallest absolute Gasteiger partial charge is 0.0613 e. The van der Waals surface area contributed by atoms with Crippen LogP contribution in [0.5, 0.6) is 0 Å². The summed E-state index contributed by atoms with van der Waals surface area (Å²) in [5, 5.41) is 9.03. The summed E-state index contributed by atoms with van der Waals surface area (Å²) in [5.74, 6) is 0. The van der Waals surface area contributed by atoms with Crippen LogP contribution in [0.3, 0.4) is 0 Å². The van der Waals surface area contributed by atoms with Gasteiger partial charge in [-0.25, -0.2) is 0 Å². The molecule has 2 nitrogen and oxygen atoms in total. The molecule has 2 aromatic rings. The molecule has 18 heavy (non-hydrogen) atoms. The zero-order valence-electron chi connectivity index (χ0n) is 11.1. The van der Waals surface area contributed by atoms with Crippen molar-refractivity contribution in [3.05, 3.63) is 57.8 Å². The van der Waals surface area contributed by atoms with Crippen molar-refractivity contribution in [3.8, 4) is 0 Å². The quantitative estimate of drug-likeness (QED) is 0.862. The molecule has 2 rings (SSSR count). The summed E-state index contributed by atoms with van der Waals surface area (Å²) < 4.78 is 0. The molecule has 0 aliphatic heterocycles. The van der Waals surface area contributed by atoms with Gasteiger partial charge in [-0.2, -0.15) is 0 Å². The van der Waals surface area contributed by atoms with Crippen molar-refractivity contribution in [2.75, 3.05) is 14.1 Å². The largest absolute Gasteiger partial charge is 0.311 e. The van der Waals surface area contributed by atoms with Crippen LogP contribution in [-0.4, -0.2) is 14.1 Å². The van der Waals surface area contributed by atoms with Gasteiger partial charge in [-0.15, -0.1) is 11.3 Å². The number of rotatable bonds is 5. The van der Waals surface area contributed by atoms with Gasteiger partial charge in [0.1, 0.15) is 0 Å². The van der Waals surface area contributed by atoms with Gasteiger partial charge in [-0.05, 0) is 43.6 Å². The maximum atomic E-state index is 3.44. The average Bonchev–Trinajstić information content (AvgIpc) is 2.83. The number of hydrogen-bond donors (Lipinski definition) is 2. The molecule has 96 valence electrons. The average molecular weight is 260 g/mol. The molecule has 1 aromatic heterocycles.